The van der Waals surface area contributed by atoms with Crippen LogP contribution in [-0.2, 0) is 0 Å². The lowest BCUT2D eigenvalue weighted by Crippen LogP contribution is -2.37. The van der Waals surface area contributed by atoms with Crippen molar-refractivity contribution in [1.29, 1.82) is 0 Å². The number of aromatic nitrogens is 1. The highest BCUT2D eigenvalue weighted by Crippen LogP contribution is 2.27. The van der Waals surface area contributed by atoms with E-state index in [-0.39, 0.29) is 12.1 Å². The molecule has 1 aliphatic rings. The number of thiazole rings is 1. The van der Waals surface area contributed by atoms with Crippen molar-refractivity contribution in [2.24, 2.45) is 4.99 Å². The van der Waals surface area contributed by atoms with Crippen LogP contribution in [0.5, 0.6) is 0 Å². The Labute approximate surface area is 179 Å². The molecule has 0 radical (unpaired) electrons. The molecule has 2 heterocycles. The molecule has 1 aromatic heterocycles. The van der Waals surface area contributed by atoms with Crippen LogP contribution in [0.4, 0.5) is 10.8 Å². The third kappa shape index (κ3) is 5.16. The zero-order chi connectivity index (χ0) is 21.0. The zero-order valence-electron chi connectivity index (χ0n) is 16.5. The number of para-hydroxylation sites is 1. The molecule has 29 heavy (non-hydrogen) atoms. The number of amidine groups is 1. The maximum atomic E-state index is 12.6. The Bertz CT molecular complexity index is 961. The van der Waals surface area contributed by atoms with Gasteiger partial charge in [0.15, 0.2) is 5.13 Å². The fourth-order valence-corrected chi connectivity index (χ4v) is 3.70. The first-order valence-corrected chi connectivity index (χ1v) is 10.2. The molecule has 0 spiro atoms. The van der Waals surface area contributed by atoms with Crippen LogP contribution in [0.1, 0.15) is 21.7 Å². The Morgan fingerprint density at radius 3 is 2.93 bits per heavy atom. The van der Waals surface area contributed by atoms with Crippen LogP contribution in [-0.4, -0.2) is 41.9 Å². The number of halogens is 1. The Kier molecular flexibility index (Phi) is 6.56. The van der Waals surface area contributed by atoms with Gasteiger partial charge in [0.1, 0.15) is 22.7 Å². The van der Waals surface area contributed by atoms with E-state index in [0.717, 1.165) is 17.2 Å². The summed E-state index contributed by atoms with van der Waals surface area (Å²) in [6, 6.07) is 5.48. The second kappa shape index (κ2) is 9.11. The first-order valence-electron chi connectivity index (χ1n) is 9.00. The maximum absolute atomic E-state index is 12.6. The first-order chi connectivity index (χ1) is 13.9. The number of carbonyl (C=O) groups excluding carboxylic acids is 1. The number of rotatable bonds is 7. The summed E-state index contributed by atoms with van der Waals surface area (Å²) in [4.78, 5) is 24.0. The summed E-state index contributed by atoms with van der Waals surface area (Å²) in [5.74, 6) is 1.49. The van der Waals surface area contributed by atoms with Crippen LogP contribution < -0.4 is 16.0 Å². The average molecular weight is 431 g/mol. The van der Waals surface area contributed by atoms with Gasteiger partial charge in [-0.25, -0.2) is 9.98 Å². The Morgan fingerprint density at radius 2 is 2.24 bits per heavy atom. The quantitative estimate of drug-likeness (QED) is 0.577. The number of anilines is 2. The number of benzene rings is 1. The number of nitrogens with one attached hydrogen (secondary N) is 3. The minimum absolute atomic E-state index is 0.252. The van der Waals surface area contributed by atoms with E-state index in [1.165, 1.54) is 11.3 Å². The Hall–Kier alpha value is -2.84. The molecule has 1 unspecified atom stereocenters. The standard InChI is InChI=1S/C20H23ClN6OS/c1-5-7-15-23-16(10-17(24-15)27(3)4)25-20-22-11-14(29-20)19(28)26-18-12(2)8-6-9-13(18)21/h5-6,8-11,16H,1,7H2,2-4H3,(H,22,25)(H,23,24)(H,26,28). The molecule has 2 aromatic rings. The van der Waals surface area contributed by atoms with E-state index in [4.69, 9.17) is 11.6 Å². The SMILES string of the molecule is C=CCC1=NC(Nc2ncc(C(=O)Nc3c(C)cccc3Cl)s2)C=C(N(C)C)N1. The van der Waals surface area contributed by atoms with Gasteiger partial charge in [-0.1, -0.05) is 41.1 Å². The van der Waals surface area contributed by atoms with Gasteiger partial charge in [-0.05, 0) is 18.6 Å². The second-order valence-corrected chi connectivity index (χ2v) is 8.08. The minimum Gasteiger partial charge on any atom is -0.364 e. The van der Waals surface area contributed by atoms with E-state index in [2.05, 4.69) is 32.5 Å². The van der Waals surface area contributed by atoms with Gasteiger partial charge in [0, 0.05) is 26.6 Å². The molecule has 0 fully saturated rings. The number of nitrogens with zero attached hydrogens (tertiary/aromatic N) is 3. The molecule has 1 atom stereocenters. The van der Waals surface area contributed by atoms with E-state index in [9.17, 15) is 4.79 Å². The lowest BCUT2D eigenvalue weighted by molar-refractivity contribution is 0.103. The van der Waals surface area contributed by atoms with Gasteiger partial charge < -0.3 is 20.9 Å². The third-order valence-corrected chi connectivity index (χ3v) is 5.41. The highest BCUT2D eigenvalue weighted by atomic mass is 35.5. The highest BCUT2D eigenvalue weighted by Gasteiger charge is 2.18. The molecule has 1 amide bonds. The van der Waals surface area contributed by atoms with Crippen LogP contribution in [0.15, 0.2) is 53.9 Å². The number of hydrogen-bond acceptors (Lipinski definition) is 7. The summed E-state index contributed by atoms with van der Waals surface area (Å²) in [5.41, 5.74) is 1.51. The topological polar surface area (TPSA) is 81.6 Å². The molecule has 0 saturated heterocycles. The lowest BCUT2D eigenvalue weighted by atomic mass is 10.2. The van der Waals surface area contributed by atoms with E-state index in [0.29, 0.717) is 27.1 Å². The van der Waals surface area contributed by atoms with Crippen molar-refractivity contribution in [2.75, 3.05) is 24.7 Å². The number of carbonyl (C=O) groups is 1. The molecular formula is C20H23ClN6OS. The zero-order valence-corrected chi connectivity index (χ0v) is 18.1. The third-order valence-electron chi connectivity index (χ3n) is 4.16. The van der Waals surface area contributed by atoms with E-state index in [1.807, 2.05) is 44.1 Å². The van der Waals surface area contributed by atoms with Gasteiger partial charge in [-0.2, -0.15) is 0 Å². The number of aliphatic imine (C=N–C) groups is 1. The monoisotopic (exact) mass is 430 g/mol. The Morgan fingerprint density at radius 1 is 1.45 bits per heavy atom. The summed E-state index contributed by atoms with van der Waals surface area (Å²) in [6.45, 7) is 5.66. The molecule has 152 valence electrons. The molecule has 9 heteroatoms. The molecular weight excluding hydrogens is 408 g/mol. The van der Waals surface area contributed by atoms with Crippen LogP contribution >= 0.6 is 22.9 Å². The Balaban J connectivity index is 1.73. The molecule has 0 bridgehead atoms. The van der Waals surface area contributed by atoms with E-state index < -0.39 is 0 Å². The van der Waals surface area contributed by atoms with Crippen molar-refractivity contribution in [3.8, 4) is 0 Å². The number of hydrogen-bond donors (Lipinski definition) is 3. The van der Waals surface area contributed by atoms with Crippen molar-refractivity contribution in [3.63, 3.8) is 0 Å². The first kappa shape index (κ1) is 20.9. The predicted octanol–water partition coefficient (Wildman–Crippen LogP) is 4.08. The number of amides is 1. The normalized spacial score (nSPS) is 15.7. The van der Waals surface area contributed by atoms with Crippen molar-refractivity contribution < 1.29 is 4.79 Å². The van der Waals surface area contributed by atoms with Crippen molar-refractivity contribution in [2.45, 2.75) is 19.5 Å². The molecule has 1 aromatic carbocycles. The molecule has 3 rings (SSSR count). The van der Waals surface area contributed by atoms with Gasteiger partial charge >= 0.3 is 0 Å². The van der Waals surface area contributed by atoms with Crippen LogP contribution in [0.25, 0.3) is 0 Å². The van der Waals surface area contributed by atoms with E-state index in [1.54, 1.807) is 18.3 Å². The minimum atomic E-state index is -0.295. The van der Waals surface area contributed by atoms with Gasteiger partial charge in [0.25, 0.3) is 5.91 Å². The average Bonchev–Trinajstić information content (AvgIpc) is 3.13. The van der Waals surface area contributed by atoms with Crippen LogP contribution in [0.3, 0.4) is 0 Å². The van der Waals surface area contributed by atoms with Gasteiger partial charge in [-0.3, -0.25) is 4.79 Å². The van der Waals surface area contributed by atoms with Crippen LogP contribution in [0, 0.1) is 6.92 Å². The summed E-state index contributed by atoms with van der Waals surface area (Å²) in [5, 5.41) is 10.5. The lowest BCUT2D eigenvalue weighted by Gasteiger charge is -2.26. The summed E-state index contributed by atoms with van der Waals surface area (Å²) < 4.78 is 0. The number of aryl methyl sites for hydroxylation is 1. The maximum Gasteiger partial charge on any atom is 0.267 e. The van der Waals surface area contributed by atoms with Crippen LogP contribution in [0.2, 0.25) is 5.02 Å². The summed E-state index contributed by atoms with van der Waals surface area (Å²) in [7, 11) is 3.91. The predicted molar refractivity (Wildman–Crippen MR) is 121 cm³/mol. The summed E-state index contributed by atoms with van der Waals surface area (Å²) in [6.07, 6.45) is 5.63. The smallest absolute Gasteiger partial charge is 0.267 e. The molecule has 7 nitrogen and oxygen atoms in total. The second-order valence-electron chi connectivity index (χ2n) is 6.64. The van der Waals surface area contributed by atoms with Crippen molar-refractivity contribution >= 4 is 45.5 Å². The summed E-state index contributed by atoms with van der Waals surface area (Å²) >= 11 is 7.46. The van der Waals surface area contributed by atoms with Gasteiger partial charge in [0.05, 0.1) is 16.9 Å². The van der Waals surface area contributed by atoms with Gasteiger partial charge in [-0.15, -0.1) is 6.58 Å². The van der Waals surface area contributed by atoms with Gasteiger partial charge in [0.2, 0.25) is 0 Å². The highest BCUT2D eigenvalue weighted by molar-refractivity contribution is 7.17. The largest absolute Gasteiger partial charge is 0.364 e. The fraction of sp³-hybridized carbons (Fsp3) is 0.250. The molecule has 1 aliphatic heterocycles. The molecule has 0 aliphatic carbocycles. The van der Waals surface area contributed by atoms with Crippen molar-refractivity contribution in [3.05, 3.63) is 64.4 Å². The van der Waals surface area contributed by atoms with Crippen molar-refractivity contribution in [1.82, 2.24) is 15.2 Å². The van der Waals surface area contributed by atoms with E-state index >= 15 is 0 Å². The molecule has 3 N–H and O–H groups in total. The fourth-order valence-electron chi connectivity index (χ4n) is 2.69. The molecule has 0 saturated carbocycles.